The van der Waals surface area contributed by atoms with E-state index in [-0.39, 0.29) is 0 Å². The van der Waals surface area contributed by atoms with E-state index in [0.29, 0.717) is 18.2 Å². The molecule has 0 bridgehead atoms. The third-order valence-electron chi connectivity index (χ3n) is 2.58. The van der Waals surface area contributed by atoms with E-state index in [9.17, 15) is 9.59 Å². The molecule has 0 spiro atoms. The van der Waals surface area contributed by atoms with E-state index in [1.807, 2.05) is 44.2 Å². The lowest BCUT2D eigenvalue weighted by Gasteiger charge is -2.05. The first-order valence-electron chi connectivity index (χ1n) is 6.14. The summed E-state index contributed by atoms with van der Waals surface area (Å²) >= 11 is 0. The zero-order valence-electron chi connectivity index (χ0n) is 10.9. The Kier molecular flexibility index (Phi) is 3.85. The Morgan fingerprint density at radius 1 is 1.32 bits per heavy atom. The van der Waals surface area contributed by atoms with Crippen molar-refractivity contribution in [2.45, 2.75) is 13.8 Å². The predicted octanol–water partition coefficient (Wildman–Crippen LogP) is 2.32. The fourth-order valence-electron chi connectivity index (χ4n) is 1.59. The zero-order chi connectivity index (χ0) is 13.8. The average Bonchev–Trinajstić information content (AvgIpc) is 2.79. The Hall–Kier alpha value is -2.30. The number of carbonyl (C=O) groups excluding carboxylic acids is 1. The van der Waals surface area contributed by atoms with E-state index >= 15 is 0 Å². The molecule has 2 rings (SSSR count). The molecule has 5 nitrogen and oxygen atoms in total. The van der Waals surface area contributed by atoms with Crippen LogP contribution >= 0.6 is 0 Å². The van der Waals surface area contributed by atoms with Crippen molar-refractivity contribution in [3.8, 4) is 11.3 Å². The maximum atomic E-state index is 11.8. The van der Waals surface area contributed by atoms with Gasteiger partial charge in [-0.1, -0.05) is 44.2 Å². The largest absolute Gasteiger partial charge is 0.427 e. The van der Waals surface area contributed by atoms with Crippen molar-refractivity contribution in [1.82, 2.24) is 9.88 Å². The van der Waals surface area contributed by atoms with Gasteiger partial charge >= 0.3 is 11.8 Å². The highest BCUT2D eigenvalue weighted by molar-refractivity contribution is 5.77. The molecular formula is C14H16N2O3. The number of aromatic nitrogens is 1. The normalized spacial score (nSPS) is 10.7. The Balaban J connectivity index is 2.22. The molecule has 2 aromatic rings. The number of carbonyl (C=O) groups is 1. The Morgan fingerprint density at radius 2 is 2.00 bits per heavy atom. The fourth-order valence-corrected chi connectivity index (χ4v) is 1.59. The Labute approximate surface area is 110 Å². The SMILES string of the molecule is CC(C)CNC(=O)n1cc(-c2ccccc2)oc1=O. The summed E-state index contributed by atoms with van der Waals surface area (Å²) in [6, 6.07) is 8.71. The molecular weight excluding hydrogens is 244 g/mol. The number of oxazole rings is 1. The summed E-state index contributed by atoms with van der Waals surface area (Å²) in [5.74, 6) is 0.0190. The van der Waals surface area contributed by atoms with Gasteiger partial charge in [0.2, 0.25) is 0 Å². The second kappa shape index (κ2) is 5.56. The van der Waals surface area contributed by atoms with Crippen LogP contribution in [-0.4, -0.2) is 17.1 Å². The van der Waals surface area contributed by atoms with Gasteiger partial charge in [0, 0.05) is 12.1 Å². The van der Waals surface area contributed by atoms with Gasteiger partial charge in [-0.2, -0.15) is 4.57 Å². The van der Waals surface area contributed by atoms with Crippen LogP contribution in [0.25, 0.3) is 11.3 Å². The minimum Gasteiger partial charge on any atom is -0.407 e. The van der Waals surface area contributed by atoms with Gasteiger partial charge in [0.15, 0.2) is 5.76 Å². The van der Waals surface area contributed by atoms with Gasteiger partial charge in [0.25, 0.3) is 0 Å². The van der Waals surface area contributed by atoms with Crippen LogP contribution in [0, 0.1) is 5.92 Å². The van der Waals surface area contributed by atoms with Crippen LogP contribution in [0.15, 0.2) is 45.7 Å². The van der Waals surface area contributed by atoms with Crippen LogP contribution in [0.4, 0.5) is 4.79 Å². The highest BCUT2D eigenvalue weighted by Crippen LogP contribution is 2.16. The number of hydrogen-bond acceptors (Lipinski definition) is 3. The minimum atomic E-state index is -0.680. The van der Waals surface area contributed by atoms with Crippen LogP contribution < -0.4 is 11.1 Å². The van der Waals surface area contributed by atoms with Crippen LogP contribution in [0.3, 0.4) is 0 Å². The molecule has 0 radical (unpaired) electrons. The van der Waals surface area contributed by atoms with Crippen LogP contribution in [0.2, 0.25) is 0 Å². The summed E-state index contributed by atoms with van der Waals surface area (Å²) in [5.41, 5.74) is 0.759. The molecule has 100 valence electrons. The molecule has 0 aliphatic carbocycles. The number of benzene rings is 1. The van der Waals surface area contributed by atoms with Gasteiger partial charge < -0.3 is 9.73 Å². The lowest BCUT2D eigenvalue weighted by Crippen LogP contribution is -2.35. The Morgan fingerprint density at radius 3 is 2.63 bits per heavy atom. The van der Waals surface area contributed by atoms with E-state index in [1.54, 1.807) is 0 Å². The molecule has 19 heavy (non-hydrogen) atoms. The monoisotopic (exact) mass is 260 g/mol. The van der Waals surface area contributed by atoms with Crippen molar-refractivity contribution in [3.63, 3.8) is 0 Å². The summed E-state index contributed by atoms with van der Waals surface area (Å²) in [4.78, 5) is 23.4. The van der Waals surface area contributed by atoms with Crippen molar-refractivity contribution < 1.29 is 9.21 Å². The molecule has 1 amide bonds. The predicted molar refractivity (Wildman–Crippen MR) is 72.0 cm³/mol. The van der Waals surface area contributed by atoms with Crippen molar-refractivity contribution >= 4 is 6.03 Å². The second-order valence-electron chi connectivity index (χ2n) is 4.68. The fraction of sp³-hybridized carbons (Fsp3) is 0.286. The summed E-state index contributed by atoms with van der Waals surface area (Å²) in [6.45, 7) is 4.47. The highest BCUT2D eigenvalue weighted by Gasteiger charge is 2.13. The van der Waals surface area contributed by atoms with Gasteiger partial charge in [-0.25, -0.2) is 9.59 Å². The van der Waals surface area contributed by atoms with Crippen molar-refractivity contribution in [2.24, 2.45) is 5.92 Å². The second-order valence-corrected chi connectivity index (χ2v) is 4.68. The number of nitrogens with one attached hydrogen (secondary N) is 1. The van der Waals surface area contributed by atoms with Gasteiger partial charge in [0.05, 0.1) is 6.20 Å². The molecule has 1 aromatic heterocycles. The van der Waals surface area contributed by atoms with Crippen molar-refractivity contribution in [3.05, 3.63) is 47.1 Å². The van der Waals surface area contributed by atoms with Crippen LogP contribution in [0.1, 0.15) is 13.8 Å². The summed E-state index contributed by atoms with van der Waals surface area (Å²) in [5, 5.41) is 2.67. The number of rotatable bonds is 3. The van der Waals surface area contributed by atoms with Gasteiger partial charge in [-0.3, -0.25) is 0 Å². The molecule has 0 unspecified atom stereocenters. The van der Waals surface area contributed by atoms with E-state index < -0.39 is 11.8 Å². The molecule has 1 aromatic carbocycles. The molecule has 1 heterocycles. The van der Waals surface area contributed by atoms with Crippen molar-refractivity contribution in [2.75, 3.05) is 6.54 Å². The minimum absolute atomic E-state index is 0.320. The highest BCUT2D eigenvalue weighted by atomic mass is 16.4. The number of nitrogens with zero attached hydrogens (tertiary/aromatic N) is 1. The molecule has 0 aliphatic heterocycles. The first-order chi connectivity index (χ1) is 9.08. The maximum Gasteiger partial charge on any atom is 0.427 e. The molecule has 1 N–H and O–H groups in total. The van der Waals surface area contributed by atoms with Gasteiger partial charge in [-0.15, -0.1) is 0 Å². The molecule has 0 saturated heterocycles. The smallest absolute Gasteiger partial charge is 0.407 e. The number of hydrogen-bond donors (Lipinski definition) is 1. The lowest BCUT2D eigenvalue weighted by molar-refractivity contribution is 0.239. The van der Waals surface area contributed by atoms with E-state index in [2.05, 4.69) is 5.32 Å². The zero-order valence-corrected chi connectivity index (χ0v) is 10.9. The standard InChI is InChI=1S/C14H16N2O3/c1-10(2)8-15-13(17)16-9-12(19-14(16)18)11-6-4-3-5-7-11/h3-7,9-10H,8H2,1-2H3,(H,15,17). The first-order valence-corrected chi connectivity index (χ1v) is 6.14. The van der Waals surface area contributed by atoms with E-state index in [1.165, 1.54) is 6.20 Å². The van der Waals surface area contributed by atoms with Crippen LogP contribution in [0.5, 0.6) is 0 Å². The average molecular weight is 260 g/mol. The molecule has 0 saturated carbocycles. The van der Waals surface area contributed by atoms with Gasteiger partial charge in [0.1, 0.15) is 0 Å². The lowest BCUT2D eigenvalue weighted by atomic mass is 10.2. The molecule has 0 fully saturated rings. The number of amides is 1. The topological polar surface area (TPSA) is 64.2 Å². The molecule has 0 aliphatic rings. The van der Waals surface area contributed by atoms with Crippen molar-refractivity contribution in [1.29, 1.82) is 0 Å². The van der Waals surface area contributed by atoms with E-state index in [4.69, 9.17) is 4.42 Å². The Bertz CT molecular complexity index is 611. The third-order valence-corrected chi connectivity index (χ3v) is 2.58. The first kappa shape index (κ1) is 13.1. The summed E-state index contributed by atoms with van der Waals surface area (Å²) < 4.78 is 6.02. The molecule has 0 atom stereocenters. The van der Waals surface area contributed by atoms with Gasteiger partial charge in [-0.05, 0) is 5.92 Å². The summed E-state index contributed by atoms with van der Waals surface area (Å²) in [7, 11) is 0. The van der Waals surface area contributed by atoms with E-state index in [0.717, 1.165) is 10.1 Å². The quantitative estimate of drug-likeness (QED) is 0.921. The third kappa shape index (κ3) is 3.13. The molecule has 5 heteroatoms. The summed E-state index contributed by atoms with van der Waals surface area (Å²) in [6.07, 6.45) is 1.41. The van der Waals surface area contributed by atoms with Crippen LogP contribution in [-0.2, 0) is 0 Å². The maximum absolute atomic E-state index is 11.8.